The molecule has 3 fully saturated rings. The Morgan fingerprint density at radius 3 is 2.59 bits per heavy atom. The first kappa shape index (κ1) is 23.8. The number of rotatable bonds is 5. The SMILES string of the molecule is CCC(=O)C[C@]1(C(=O)CCl)[C@@H](C)C[C@H]2[C@@H]3CCC4=CC(=O)C=C[C@]4(C)[C@@]3(F)[C@@H](O)C[C@@]21C. The second kappa shape index (κ2) is 7.59. The number of aliphatic hydroxyl groups excluding tert-OH is 1. The fraction of sp³-hybridized carbons (Fsp3) is 0.731. The fourth-order valence-electron chi connectivity index (χ4n) is 8.28. The summed E-state index contributed by atoms with van der Waals surface area (Å²) in [6, 6.07) is 0. The molecule has 4 aliphatic rings. The van der Waals surface area contributed by atoms with Gasteiger partial charge in [-0.2, -0.15) is 0 Å². The maximum atomic E-state index is 17.2. The molecule has 0 amide bonds. The van der Waals surface area contributed by atoms with Crippen molar-refractivity contribution in [3.63, 3.8) is 0 Å². The molecule has 1 N–H and O–H groups in total. The number of fused-ring (bicyclic) bond motifs is 5. The molecule has 0 aromatic rings. The van der Waals surface area contributed by atoms with E-state index in [9.17, 15) is 19.5 Å². The van der Waals surface area contributed by atoms with Gasteiger partial charge in [0.2, 0.25) is 0 Å². The van der Waals surface area contributed by atoms with Crippen LogP contribution in [0.15, 0.2) is 23.8 Å². The number of hydrogen-bond donors (Lipinski definition) is 1. The molecule has 32 heavy (non-hydrogen) atoms. The summed E-state index contributed by atoms with van der Waals surface area (Å²) >= 11 is 6.09. The van der Waals surface area contributed by atoms with Crippen molar-refractivity contribution >= 4 is 29.0 Å². The second-order valence-electron chi connectivity index (χ2n) is 11.0. The van der Waals surface area contributed by atoms with Crippen LogP contribution in [0.1, 0.15) is 66.2 Å². The smallest absolute Gasteiger partial charge is 0.178 e. The molecule has 0 unspecified atom stereocenters. The molecule has 8 atom stereocenters. The van der Waals surface area contributed by atoms with Gasteiger partial charge >= 0.3 is 0 Å². The molecule has 176 valence electrons. The summed E-state index contributed by atoms with van der Waals surface area (Å²) in [5, 5.41) is 11.5. The fourth-order valence-corrected chi connectivity index (χ4v) is 8.51. The maximum absolute atomic E-state index is 17.2. The zero-order chi connectivity index (χ0) is 23.7. The number of carbonyl (C=O) groups is 3. The Hall–Kier alpha value is -1.33. The van der Waals surface area contributed by atoms with Crippen LogP contribution in [0, 0.1) is 34.0 Å². The molecule has 4 nitrogen and oxygen atoms in total. The summed E-state index contributed by atoms with van der Waals surface area (Å²) in [6.07, 6.45) is 5.49. The number of allylic oxidation sites excluding steroid dienone is 4. The van der Waals surface area contributed by atoms with Crippen molar-refractivity contribution in [2.75, 3.05) is 5.88 Å². The van der Waals surface area contributed by atoms with Gasteiger partial charge in [0.15, 0.2) is 17.2 Å². The van der Waals surface area contributed by atoms with E-state index in [1.165, 1.54) is 12.2 Å². The summed E-state index contributed by atoms with van der Waals surface area (Å²) in [4.78, 5) is 38.1. The number of halogens is 2. The van der Waals surface area contributed by atoms with Crippen LogP contribution in [0.3, 0.4) is 0 Å². The highest BCUT2D eigenvalue weighted by atomic mass is 35.5. The molecular formula is C26H34ClFO4. The number of ketones is 3. The molecule has 0 aromatic heterocycles. The van der Waals surface area contributed by atoms with Gasteiger partial charge < -0.3 is 5.11 Å². The van der Waals surface area contributed by atoms with Crippen LogP contribution in [0.4, 0.5) is 4.39 Å². The van der Waals surface area contributed by atoms with Gasteiger partial charge in [0.05, 0.1) is 12.0 Å². The third kappa shape index (κ3) is 2.73. The topological polar surface area (TPSA) is 71.4 Å². The van der Waals surface area contributed by atoms with E-state index in [1.54, 1.807) is 19.9 Å². The van der Waals surface area contributed by atoms with E-state index in [2.05, 4.69) is 0 Å². The van der Waals surface area contributed by atoms with Crippen molar-refractivity contribution in [1.82, 2.24) is 0 Å². The third-order valence-electron chi connectivity index (χ3n) is 9.99. The van der Waals surface area contributed by atoms with Gasteiger partial charge in [-0.15, -0.1) is 11.6 Å². The monoisotopic (exact) mass is 464 g/mol. The van der Waals surface area contributed by atoms with Crippen LogP contribution in [0.2, 0.25) is 0 Å². The Morgan fingerprint density at radius 1 is 1.28 bits per heavy atom. The van der Waals surface area contributed by atoms with Gasteiger partial charge in [-0.25, -0.2) is 4.39 Å². The van der Waals surface area contributed by atoms with E-state index in [0.717, 1.165) is 5.57 Å². The van der Waals surface area contributed by atoms with Crippen LogP contribution in [0.25, 0.3) is 0 Å². The molecule has 6 heteroatoms. The summed E-state index contributed by atoms with van der Waals surface area (Å²) < 4.78 is 17.2. The summed E-state index contributed by atoms with van der Waals surface area (Å²) in [5.74, 6) is -1.27. The van der Waals surface area contributed by atoms with Crippen molar-refractivity contribution in [2.24, 2.45) is 34.0 Å². The molecule has 0 heterocycles. The van der Waals surface area contributed by atoms with Gasteiger partial charge in [-0.3, -0.25) is 14.4 Å². The largest absolute Gasteiger partial charge is 0.390 e. The van der Waals surface area contributed by atoms with Gasteiger partial charge in [0, 0.05) is 29.6 Å². The molecule has 0 radical (unpaired) electrons. The molecule has 0 aliphatic heterocycles. The Bertz CT molecular complexity index is 927. The van der Waals surface area contributed by atoms with Crippen molar-refractivity contribution < 1.29 is 23.9 Å². The average Bonchev–Trinajstić information content (AvgIpc) is 2.96. The molecule has 0 saturated heterocycles. The van der Waals surface area contributed by atoms with Crippen LogP contribution in [-0.4, -0.2) is 40.1 Å². The first-order valence-corrected chi connectivity index (χ1v) is 12.4. The van der Waals surface area contributed by atoms with Gasteiger partial charge in [-0.05, 0) is 62.0 Å². The summed E-state index contributed by atoms with van der Waals surface area (Å²) in [5.41, 5.74) is -3.98. The van der Waals surface area contributed by atoms with Crippen molar-refractivity contribution in [1.29, 1.82) is 0 Å². The van der Waals surface area contributed by atoms with Crippen LogP contribution >= 0.6 is 11.6 Å². The summed E-state index contributed by atoms with van der Waals surface area (Å²) in [6.45, 7) is 7.54. The minimum absolute atomic E-state index is 0.00156. The molecule has 0 bridgehead atoms. The molecule has 4 rings (SSSR count). The predicted molar refractivity (Wildman–Crippen MR) is 121 cm³/mol. The quantitative estimate of drug-likeness (QED) is 0.595. The van der Waals surface area contributed by atoms with Crippen molar-refractivity contribution in [3.8, 4) is 0 Å². The maximum Gasteiger partial charge on any atom is 0.178 e. The second-order valence-corrected chi connectivity index (χ2v) is 11.3. The molecule has 3 saturated carbocycles. The number of hydrogen-bond acceptors (Lipinski definition) is 4. The van der Waals surface area contributed by atoms with E-state index in [4.69, 9.17) is 11.6 Å². The number of aliphatic hydroxyl groups is 1. The normalized spacial score (nSPS) is 47.3. The first-order valence-electron chi connectivity index (χ1n) is 11.8. The Labute approximate surface area is 194 Å². The molecule has 4 aliphatic carbocycles. The van der Waals surface area contributed by atoms with E-state index in [-0.39, 0.29) is 47.9 Å². The molecule has 0 spiro atoms. The Kier molecular flexibility index (Phi) is 5.65. The van der Waals surface area contributed by atoms with Gasteiger partial charge in [0.1, 0.15) is 5.78 Å². The highest BCUT2D eigenvalue weighted by Crippen LogP contribution is 2.73. The van der Waals surface area contributed by atoms with Gasteiger partial charge in [0.25, 0.3) is 0 Å². The number of carbonyl (C=O) groups excluding carboxylic acids is 3. The lowest BCUT2D eigenvalue weighted by molar-refractivity contribution is -0.206. The van der Waals surface area contributed by atoms with E-state index >= 15 is 4.39 Å². The van der Waals surface area contributed by atoms with Crippen LogP contribution in [0.5, 0.6) is 0 Å². The first-order chi connectivity index (χ1) is 14.9. The molecular weight excluding hydrogens is 431 g/mol. The van der Waals surface area contributed by atoms with E-state index in [1.807, 2.05) is 13.8 Å². The zero-order valence-corrected chi connectivity index (χ0v) is 20.2. The zero-order valence-electron chi connectivity index (χ0n) is 19.4. The van der Waals surface area contributed by atoms with Gasteiger partial charge in [-0.1, -0.05) is 32.4 Å². The van der Waals surface area contributed by atoms with E-state index < -0.39 is 33.9 Å². The average molecular weight is 465 g/mol. The van der Waals surface area contributed by atoms with Crippen molar-refractivity contribution in [2.45, 2.75) is 78.0 Å². The van der Waals surface area contributed by atoms with Crippen LogP contribution in [-0.2, 0) is 14.4 Å². The minimum Gasteiger partial charge on any atom is -0.390 e. The standard InChI is InChI=1S/C26H34ClFO4/c1-5-17(29)12-25(22(32)14-27)15(2)10-20-19-7-6-16-11-18(30)8-9-23(16,3)26(19,28)21(31)13-24(20,25)4/h8-9,11,15,19-21,31H,5-7,10,12-14H2,1-4H3/t15-,19-,20-,21-,23-,24-,25+,26-/m0/s1. The van der Waals surface area contributed by atoms with E-state index in [0.29, 0.717) is 25.7 Å². The predicted octanol–water partition coefficient (Wildman–Crippen LogP) is 4.77. The highest BCUT2D eigenvalue weighted by Gasteiger charge is 2.75. The minimum atomic E-state index is -1.94. The van der Waals surface area contributed by atoms with Crippen molar-refractivity contribution in [3.05, 3.63) is 23.8 Å². The number of alkyl halides is 2. The lowest BCUT2D eigenvalue weighted by Gasteiger charge is -2.63. The number of Topliss-reactive ketones (excluding diaryl/α,β-unsaturated/α-hetero) is 2. The van der Waals surface area contributed by atoms with Crippen LogP contribution < -0.4 is 0 Å². The lowest BCUT2D eigenvalue weighted by Crippen LogP contribution is -2.68. The summed E-state index contributed by atoms with van der Waals surface area (Å²) in [7, 11) is 0. The third-order valence-corrected chi connectivity index (χ3v) is 10.2. The Balaban J connectivity index is 1.85. The molecule has 0 aromatic carbocycles. The lowest BCUT2D eigenvalue weighted by atomic mass is 9.42. The highest BCUT2D eigenvalue weighted by molar-refractivity contribution is 6.28. The Morgan fingerprint density at radius 2 is 1.97 bits per heavy atom.